The Labute approximate surface area is 247 Å². The van der Waals surface area contributed by atoms with Crippen LogP contribution in [0.4, 0.5) is 10.8 Å². The fraction of sp³-hybridized carbons (Fsp3) is 0.129. The third-order valence-corrected chi connectivity index (χ3v) is 9.28. The maximum atomic E-state index is 14.1. The molecule has 0 radical (unpaired) electrons. The van der Waals surface area contributed by atoms with Gasteiger partial charge in [-0.25, -0.2) is 13.4 Å². The van der Waals surface area contributed by atoms with Gasteiger partial charge in [-0.15, -0.1) is 11.3 Å². The zero-order valence-corrected chi connectivity index (χ0v) is 25.0. The van der Waals surface area contributed by atoms with E-state index in [4.69, 9.17) is 15.2 Å². The summed E-state index contributed by atoms with van der Waals surface area (Å²) in [5, 5.41) is 5.07. The number of nitrogens with one attached hydrogen (secondary N) is 1. The Morgan fingerprint density at radius 1 is 0.905 bits per heavy atom. The van der Waals surface area contributed by atoms with Crippen LogP contribution in [0.3, 0.4) is 0 Å². The van der Waals surface area contributed by atoms with E-state index in [-0.39, 0.29) is 15.7 Å². The molecule has 0 saturated carbocycles. The first-order valence-electron chi connectivity index (χ1n) is 12.8. The second-order valence-electron chi connectivity index (χ2n) is 9.49. The van der Waals surface area contributed by atoms with Crippen molar-refractivity contribution in [1.82, 2.24) is 9.97 Å². The predicted molar refractivity (Wildman–Crippen MR) is 164 cm³/mol. The number of anilines is 2. The number of carbonyl (C=O) groups is 1. The first kappa shape index (κ1) is 28.8. The normalized spacial score (nSPS) is 11.2. The summed E-state index contributed by atoms with van der Waals surface area (Å²) in [7, 11) is -0.908. The van der Waals surface area contributed by atoms with Crippen LogP contribution in [-0.2, 0) is 9.84 Å². The molecule has 0 aliphatic rings. The molecule has 9 nitrogen and oxygen atoms in total. The molecule has 0 bridgehead atoms. The summed E-state index contributed by atoms with van der Waals surface area (Å²) in [6.07, 6.45) is 3.09. The molecular weight excluding hydrogens is 572 g/mol. The largest absolute Gasteiger partial charge is 0.493 e. The molecule has 1 amide bonds. The summed E-state index contributed by atoms with van der Waals surface area (Å²) in [6.45, 7) is 3.68. The van der Waals surface area contributed by atoms with Gasteiger partial charge in [-0.05, 0) is 85.1 Å². The first-order chi connectivity index (χ1) is 20.1. The lowest BCUT2D eigenvalue weighted by molar-refractivity contribution is 0.102. The van der Waals surface area contributed by atoms with Gasteiger partial charge in [0.25, 0.3) is 5.91 Å². The zero-order valence-electron chi connectivity index (χ0n) is 23.3. The molecule has 0 spiro atoms. The quantitative estimate of drug-likeness (QED) is 0.202. The lowest BCUT2D eigenvalue weighted by Gasteiger charge is -2.16. The fourth-order valence-electron chi connectivity index (χ4n) is 4.74. The van der Waals surface area contributed by atoms with E-state index in [1.807, 2.05) is 19.2 Å². The van der Waals surface area contributed by atoms with E-state index in [2.05, 4.69) is 15.3 Å². The molecule has 0 unspecified atom stereocenters. The van der Waals surface area contributed by atoms with Gasteiger partial charge in [0.15, 0.2) is 16.6 Å². The van der Waals surface area contributed by atoms with E-state index in [1.165, 1.54) is 31.6 Å². The summed E-state index contributed by atoms with van der Waals surface area (Å²) in [5.74, 6) is 0.705. The monoisotopic (exact) mass is 600 g/mol. The molecular formula is C31H28N4O5S2. The number of aromatic nitrogens is 2. The lowest BCUT2D eigenvalue weighted by Crippen LogP contribution is -2.11. The molecule has 2 heterocycles. The number of pyridine rings is 1. The average Bonchev–Trinajstić information content (AvgIpc) is 3.44. The highest BCUT2D eigenvalue weighted by Gasteiger charge is 2.25. The van der Waals surface area contributed by atoms with Gasteiger partial charge in [-0.3, -0.25) is 15.1 Å². The van der Waals surface area contributed by atoms with E-state index in [9.17, 15) is 13.2 Å². The number of methoxy groups -OCH3 is 2. The molecule has 0 atom stereocenters. The van der Waals surface area contributed by atoms with E-state index in [1.54, 1.807) is 67.0 Å². The molecule has 0 aliphatic carbocycles. The molecule has 3 N–H and O–H groups in total. The van der Waals surface area contributed by atoms with Gasteiger partial charge in [0, 0.05) is 40.2 Å². The zero-order chi connectivity index (χ0) is 30.0. The number of nitrogens with two attached hydrogens (primary N) is 1. The number of amides is 1. The maximum Gasteiger partial charge on any atom is 0.257 e. The minimum atomic E-state index is -3.96. The minimum absolute atomic E-state index is 0.116. The van der Waals surface area contributed by atoms with E-state index in [0.717, 1.165) is 16.7 Å². The Morgan fingerprint density at radius 2 is 1.60 bits per heavy atom. The van der Waals surface area contributed by atoms with Crippen LogP contribution < -0.4 is 20.5 Å². The number of benzene rings is 3. The highest BCUT2D eigenvalue weighted by molar-refractivity contribution is 7.91. The summed E-state index contributed by atoms with van der Waals surface area (Å²) < 4.78 is 38.9. The van der Waals surface area contributed by atoms with Crippen molar-refractivity contribution >= 4 is 37.9 Å². The van der Waals surface area contributed by atoms with Crippen LogP contribution in [0.15, 0.2) is 88.2 Å². The number of nitrogen functional groups attached to an aromatic ring is 1. The van der Waals surface area contributed by atoms with Crippen molar-refractivity contribution in [2.45, 2.75) is 23.6 Å². The number of thiazole rings is 1. The average molecular weight is 601 g/mol. The van der Waals surface area contributed by atoms with Crippen molar-refractivity contribution in [3.63, 3.8) is 0 Å². The Hall–Kier alpha value is -4.74. The Balaban J connectivity index is 1.50. The van der Waals surface area contributed by atoms with Gasteiger partial charge < -0.3 is 15.2 Å². The highest BCUT2D eigenvalue weighted by Crippen LogP contribution is 2.39. The number of sulfone groups is 1. The van der Waals surface area contributed by atoms with Gasteiger partial charge in [0.2, 0.25) is 9.84 Å². The number of carbonyl (C=O) groups excluding carboxylic acids is 1. The molecule has 0 fully saturated rings. The molecule has 0 saturated heterocycles. The van der Waals surface area contributed by atoms with Crippen molar-refractivity contribution in [3.05, 3.63) is 95.1 Å². The van der Waals surface area contributed by atoms with Crippen LogP contribution >= 0.6 is 11.3 Å². The molecule has 42 heavy (non-hydrogen) atoms. The first-order valence-corrected chi connectivity index (χ1v) is 15.1. The van der Waals surface area contributed by atoms with E-state index < -0.39 is 9.84 Å². The molecule has 11 heteroatoms. The second kappa shape index (κ2) is 11.6. The van der Waals surface area contributed by atoms with Crippen molar-refractivity contribution < 1.29 is 22.7 Å². The van der Waals surface area contributed by atoms with Gasteiger partial charge in [0.05, 0.1) is 29.7 Å². The number of ether oxygens (including phenoxy) is 2. The number of hydrogen-bond acceptors (Lipinski definition) is 9. The van der Waals surface area contributed by atoms with E-state index in [0.29, 0.717) is 44.7 Å². The molecule has 5 rings (SSSR count). The third-order valence-electron chi connectivity index (χ3n) is 6.73. The van der Waals surface area contributed by atoms with Crippen molar-refractivity contribution in [1.29, 1.82) is 0 Å². The SMILES string of the molecule is COc1ccc(-c2cc(N)ccc2S(=O)(=O)c2cc(C)c(-c3csc(NC(=O)c4ccncc4)n3)c(C)c2)cc1OC. The fourth-order valence-corrected chi connectivity index (χ4v) is 7.07. The smallest absolute Gasteiger partial charge is 0.257 e. The van der Waals surface area contributed by atoms with Crippen molar-refractivity contribution in [2.75, 3.05) is 25.3 Å². The predicted octanol–water partition coefficient (Wildman–Crippen LogP) is 6.17. The Morgan fingerprint density at radius 3 is 2.26 bits per heavy atom. The number of aryl methyl sites for hydroxylation is 2. The van der Waals surface area contributed by atoms with Crippen LogP contribution in [0.5, 0.6) is 11.5 Å². The van der Waals surface area contributed by atoms with Gasteiger partial charge >= 0.3 is 0 Å². The Kier molecular flexibility index (Phi) is 7.97. The number of rotatable bonds is 8. The van der Waals surface area contributed by atoms with Crippen LogP contribution in [-0.4, -0.2) is 38.5 Å². The van der Waals surface area contributed by atoms with Gasteiger partial charge in [-0.1, -0.05) is 6.07 Å². The topological polar surface area (TPSA) is 134 Å². The number of nitrogens with zero attached hydrogens (tertiary/aromatic N) is 2. The van der Waals surface area contributed by atoms with Crippen LogP contribution in [0.25, 0.3) is 22.4 Å². The summed E-state index contributed by atoms with van der Waals surface area (Å²) in [6, 6.07) is 16.5. The maximum absolute atomic E-state index is 14.1. The number of hydrogen-bond donors (Lipinski definition) is 2. The van der Waals surface area contributed by atoms with Crippen LogP contribution in [0.2, 0.25) is 0 Å². The minimum Gasteiger partial charge on any atom is -0.493 e. The van der Waals surface area contributed by atoms with Gasteiger partial charge in [0.1, 0.15) is 0 Å². The van der Waals surface area contributed by atoms with Crippen LogP contribution in [0.1, 0.15) is 21.5 Å². The molecule has 214 valence electrons. The highest BCUT2D eigenvalue weighted by atomic mass is 32.2. The molecule has 5 aromatic rings. The summed E-state index contributed by atoms with van der Waals surface area (Å²) >= 11 is 1.29. The second-order valence-corrected chi connectivity index (χ2v) is 12.3. The third kappa shape index (κ3) is 5.56. The van der Waals surface area contributed by atoms with Crippen molar-refractivity contribution in [2.24, 2.45) is 0 Å². The lowest BCUT2D eigenvalue weighted by atomic mass is 10.0. The standard InChI is InChI=1S/C31H28N4O5S2/c1-18-13-23(14-19(2)29(18)25-17-41-31(34-25)35-30(36)20-9-11-33-12-10-20)42(37,38)28-8-6-22(32)16-24(28)21-5-7-26(39-3)27(15-21)40-4/h5-17H,32H2,1-4H3,(H,34,35,36). The van der Waals surface area contributed by atoms with Crippen LogP contribution in [0, 0.1) is 13.8 Å². The Bertz CT molecular complexity index is 1880. The molecule has 3 aromatic carbocycles. The summed E-state index contributed by atoms with van der Waals surface area (Å²) in [5.41, 5.74) is 11.0. The molecule has 2 aromatic heterocycles. The van der Waals surface area contributed by atoms with Gasteiger partial charge in [-0.2, -0.15) is 0 Å². The summed E-state index contributed by atoms with van der Waals surface area (Å²) in [4.78, 5) is 21.3. The van der Waals surface area contributed by atoms with Crippen molar-refractivity contribution in [3.8, 4) is 33.9 Å². The van der Waals surface area contributed by atoms with E-state index >= 15 is 0 Å². The molecule has 0 aliphatic heterocycles.